The summed E-state index contributed by atoms with van der Waals surface area (Å²) in [5, 5.41) is 6.61. The van der Waals surface area contributed by atoms with Crippen molar-refractivity contribution in [3.8, 4) is 0 Å². The molecular weight excluding hydrogens is 271 g/mol. The molecule has 0 radical (unpaired) electrons. The second kappa shape index (κ2) is 6.46. The van der Waals surface area contributed by atoms with E-state index in [9.17, 15) is 4.39 Å². The Kier molecular flexibility index (Phi) is 4.89. The molecule has 0 bridgehead atoms. The smallest absolute Gasteiger partial charge is 0.123 e. The quantitative estimate of drug-likeness (QED) is 0.882. The normalized spacial score (nSPS) is 12.9. The summed E-state index contributed by atoms with van der Waals surface area (Å²) in [5.41, 5.74) is 3.17. The summed E-state index contributed by atoms with van der Waals surface area (Å²) >= 11 is 1.67. The van der Waals surface area contributed by atoms with Gasteiger partial charge in [0, 0.05) is 5.38 Å². The summed E-state index contributed by atoms with van der Waals surface area (Å²) in [6.45, 7) is 9.15. The van der Waals surface area contributed by atoms with Crippen LogP contribution in [0.1, 0.15) is 54.6 Å². The first kappa shape index (κ1) is 15.1. The van der Waals surface area contributed by atoms with Crippen LogP contribution in [0.15, 0.2) is 23.6 Å². The standard InChI is InChI=1S/C16H21FN2S/c1-5-18-15(13-7-6-12(17)8-11(13)4)16-19-14(9-20-16)10(2)3/h6-10,15,18H,5H2,1-4H3. The van der Waals surface area contributed by atoms with Crippen molar-refractivity contribution in [1.29, 1.82) is 0 Å². The van der Waals surface area contributed by atoms with Crippen LogP contribution in [0.2, 0.25) is 0 Å². The SMILES string of the molecule is CCNC(c1nc(C(C)C)cs1)c1ccc(F)cc1C. The average Bonchev–Trinajstić information content (AvgIpc) is 2.86. The van der Waals surface area contributed by atoms with E-state index < -0.39 is 0 Å². The molecule has 1 heterocycles. The van der Waals surface area contributed by atoms with Crippen LogP contribution in [0.4, 0.5) is 4.39 Å². The van der Waals surface area contributed by atoms with E-state index in [-0.39, 0.29) is 11.9 Å². The Labute approximate surface area is 124 Å². The lowest BCUT2D eigenvalue weighted by molar-refractivity contribution is 0.606. The molecule has 0 spiro atoms. The predicted octanol–water partition coefficient (Wildman–Crippen LogP) is 4.41. The van der Waals surface area contributed by atoms with Crippen LogP contribution in [0.25, 0.3) is 0 Å². The highest BCUT2D eigenvalue weighted by Crippen LogP contribution is 2.29. The lowest BCUT2D eigenvalue weighted by atomic mass is 10.0. The van der Waals surface area contributed by atoms with Crippen molar-refractivity contribution in [2.45, 2.75) is 39.7 Å². The van der Waals surface area contributed by atoms with Crippen LogP contribution in [0.3, 0.4) is 0 Å². The maximum atomic E-state index is 13.3. The number of thiazole rings is 1. The maximum Gasteiger partial charge on any atom is 0.123 e. The van der Waals surface area contributed by atoms with Gasteiger partial charge < -0.3 is 5.32 Å². The number of aryl methyl sites for hydroxylation is 1. The minimum absolute atomic E-state index is 0.0399. The minimum Gasteiger partial charge on any atom is -0.305 e. The van der Waals surface area contributed by atoms with Crippen molar-refractivity contribution in [2.75, 3.05) is 6.54 Å². The highest BCUT2D eigenvalue weighted by Gasteiger charge is 2.19. The van der Waals surface area contributed by atoms with Crippen LogP contribution in [0, 0.1) is 12.7 Å². The van der Waals surface area contributed by atoms with Crippen molar-refractivity contribution in [3.63, 3.8) is 0 Å². The van der Waals surface area contributed by atoms with E-state index in [0.717, 1.165) is 28.4 Å². The highest BCUT2D eigenvalue weighted by molar-refractivity contribution is 7.09. The van der Waals surface area contributed by atoms with Gasteiger partial charge in [-0.05, 0) is 42.6 Å². The first-order valence-electron chi connectivity index (χ1n) is 6.97. The van der Waals surface area contributed by atoms with E-state index in [0.29, 0.717) is 5.92 Å². The number of hydrogen-bond donors (Lipinski definition) is 1. The largest absolute Gasteiger partial charge is 0.305 e. The van der Waals surface area contributed by atoms with E-state index in [1.54, 1.807) is 17.4 Å². The molecule has 1 N–H and O–H groups in total. The number of aromatic nitrogens is 1. The predicted molar refractivity (Wildman–Crippen MR) is 82.9 cm³/mol. The molecular formula is C16H21FN2S. The molecule has 0 aliphatic carbocycles. The van der Waals surface area contributed by atoms with Crippen molar-refractivity contribution in [3.05, 3.63) is 51.2 Å². The molecule has 0 aliphatic heterocycles. The Balaban J connectivity index is 2.39. The molecule has 2 aromatic rings. The summed E-state index contributed by atoms with van der Waals surface area (Å²) in [6.07, 6.45) is 0. The zero-order chi connectivity index (χ0) is 14.7. The van der Waals surface area contributed by atoms with Gasteiger partial charge in [-0.15, -0.1) is 11.3 Å². The molecule has 4 heteroatoms. The average molecular weight is 292 g/mol. The lowest BCUT2D eigenvalue weighted by Crippen LogP contribution is -2.22. The second-order valence-corrected chi connectivity index (χ2v) is 6.15. The molecule has 108 valence electrons. The fraction of sp³-hybridized carbons (Fsp3) is 0.438. The van der Waals surface area contributed by atoms with Gasteiger partial charge in [-0.1, -0.05) is 26.8 Å². The Morgan fingerprint density at radius 3 is 2.65 bits per heavy atom. The second-order valence-electron chi connectivity index (χ2n) is 5.26. The van der Waals surface area contributed by atoms with E-state index in [1.165, 1.54) is 6.07 Å². The van der Waals surface area contributed by atoms with Gasteiger partial charge in [-0.3, -0.25) is 0 Å². The van der Waals surface area contributed by atoms with Gasteiger partial charge in [-0.2, -0.15) is 0 Å². The molecule has 2 nitrogen and oxygen atoms in total. The number of rotatable bonds is 5. The zero-order valence-electron chi connectivity index (χ0n) is 12.4. The monoisotopic (exact) mass is 292 g/mol. The third-order valence-corrected chi connectivity index (χ3v) is 4.26. The first-order valence-corrected chi connectivity index (χ1v) is 7.85. The van der Waals surface area contributed by atoms with Crippen molar-refractivity contribution >= 4 is 11.3 Å². The molecule has 2 rings (SSSR count). The van der Waals surface area contributed by atoms with E-state index >= 15 is 0 Å². The summed E-state index contributed by atoms with van der Waals surface area (Å²) in [5.74, 6) is 0.236. The fourth-order valence-corrected chi connectivity index (χ4v) is 3.27. The fourth-order valence-electron chi connectivity index (χ4n) is 2.20. The maximum absolute atomic E-state index is 13.3. The van der Waals surface area contributed by atoms with Crippen LogP contribution < -0.4 is 5.32 Å². The van der Waals surface area contributed by atoms with Gasteiger partial charge in [0.2, 0.25) is 0 Å². The number of hydrogen-bond acceptors (Lipinski definition) is 3. The van der Waals surface area contributed by atoms with E-state index in [2.05, 4.69) is 31.5 Å². The highest BCUT2D eigenvalue weighted by atomic mass is 32.1. The summed E-state index contributed by atoms with van der Waals surface area (Å²) in [7, 11) is 0. The van der Waals surface area contributed by atoms with Crippen molar-refractivity contribution < 1.29 is 4.39 Å². The lowest BCUT2D eigenvalue weighted by Gasteiger charge is -2.18. The van der Waals surface area contributed by atoms with Crippen LogP contribution in [-0.2, 0) is 0 Å². The number of halogens is 1. The van der Waals surface area contributed by atoms with Gasteiger partial charge >= 0.3 is 0 Å². The molecule has 0 fully saturated rings. The Morgan fingerprint density at radius 1 is 1.35 bits per heavy atom. The molecule has 0 amide bonds. The molecule has 1 aromatic heterocycles. The van der Waals surface area contributed by atoms with Gasteiger partial charge in [0.15, 0.2) is 0 Å². The molecule has 1 unspecified atom stereocenters. The summed E-state index contributed by atoms with van der Waals surface area (Å²) in [6, 6.07) is 4.99. The van der Waals surface area contributed by atoms with Crippen molar-refractivity contribution in [1.82, 2.24) is 10.3 Å². The Bertz CT molecular complexity index is 578. The summed E-state index contributed by atoms with van der Waals surface area (Å²) in [4.78, 5) is 4.73. The third-order valence-electron chi connectivity index (χ3n) is 3.33. The van der Waals surface area contributed by atoms with Crippen LogP contribution >= 0.6 is 11.3 Å². The number of nitrogens with one attached hydrogen (secondary N) is 1. The van der Waals surface area contributed by atoms with E-state index in [1.807, 2.05) is 13.0 Å². The van der Waals surface area contributed by atoms with Crippen LogP contribution in [-0.4, -0.2) is 11.5 Å². The Morgan fingerprint density at radius 2 is 2.10 bits per heavy atom. The molecule has 1 aromatic carbocycles. The van der Waals surface area contributed by atoms with E-state index in [4.69, 9.17) is 4.98 Å². The van der Waals surface area contributed by atoms with Gasteiger partial charge in [-0.25, -0.2) is 9.37 Å². The third kappa shape index (κ3) is 3.25. The molecule has 0 aliphatic rings. The number of benzene rings is 1. The molecule has 1 atom stereocenters. The molecule has 0 saturated heterocycles. The van der Waals surface area contributed by atoms with Gasteiger partial charge in [0.05, 0.1) is 11.7 Å². The zero-order valence-corrected chi connectivity index (χ0v) is 13.2. The van der Waals surface area contributed by atoms with Gasteiger partial charge in [0.1, 0.15) is 10.8 Å². The molecule has 20 heavy (non-hydrogen) atoms. The van der Waals surface area contributed by atoms with Crippen LogP contribution in [0.5, 0.6) is 0 Å². The minimum atomic E-state index is -0.191. The first-order chi connectivity index (χ1) is 9.52. The van der Waals surface area contributed by atoms with Crippen molar-refractivity contribution in [2.24, 2.45) is 0 Å². The topological polar surface area (TPSA) is 24.9 Å². The summed E-state index contributed by atoms with van der Waals surface area (Å²) < 4.78 is 13.3. The molecule has 0 saturated carbocycles. The van der Waals surface area contributed by atoms with Gasteiger partial charge in [0.25, 0.3) is 0 Å². The number of nitrogens with zero attached hydrogens (tertiary/aromatic N) is 1. The Hall–Kier alpha value is -1.26.